The van der Waals surface area contributed by atoms with Gasteiger partial charge < -0.3 is 9.42 Å². The first kappa shape index (κ1) is 9.26. The molecule has 1 aromatic rings. The van der Waals surface area contributed by atoms with E-state index in [1.54, 1.807) is 14.0 Å². The van der Waals surface area contributed by atoms with Crippen molar-refractivity contribution in [2.45, 2.75) is 6.92 Å². The minimum absolute atomic E-state index is 0.0590. The Bertz CT molecular complexity index is 351. The molecule has 0 radical (unpaired) electrons. The molecule has 1 heterocycles. The number of carbonyl (C=O) groups is 1. The number of aromatic nitrogens is 1. The fraction of sp³-hybridized carbons (Fsp3) is 0.375. The van der Waals surface area contributed by atoms with Gasteiger partial charge in [0.05, 0.1) is 12.3 Å². The summed E-state index contributed by atoms with van der Waals surface area (Å²) in [5, 5.41) is 11.8. The maximum atomic E-state index is 11.5. The van der Waals surface area contributed by atoms with Crippen LogP contribution in [0.15, 0.2) is 10.7 Å². The lowest BCUT2D eigenvalue weighted by Gasteiger charge is -2.10. The van der Waals surface area contributed by atoms with Gasteiger partial charge in [-0.05, 0) is 6.92 Å². The van der Waals surface area contributed by atoms with Crippen molar-refractivity contribution in [1.82, 2.24) is 10.1 Å². The Morgan fingerprint density at radius 3 is 3.00 bits per heavy atom. The van der Waals surface area contributed by atoms with Gasteiger partial charge in [-0.3, -0.25) is 4.79 Å². The number of nitriles is 1. The molecule has 0 fully saturated rings. The van der Waals surface area contributed by atoms with Crippen molar-refractivity contribution in [1.29, 1.82) is 5.26 Å². The van der Waals surface area contributed by atoms with Gasteiger partial charge in [-0.2, -0.15) is 5.26 Å². The normalized spacial score (nSPS) is 9.31. The largest absolute Gasteiger partial charge is 0.361 e. The predicted molar refractivity (Wildman–Crippen MR) is 43.8 cm³/mol. The van der Waals surface area contributed by atoms with E-state index < -0.39 is 0 Å². The lowest BCUT2D eigenvalue weighted by molar-refractivity contribution is 0.0810. The van der Waals surface area contributed by atoms with Crippen LogP contribution >= 0.6 is 0 Å². The van der Waals surface area contributed by atoms with Crippen LogP contribution in [0.5, 0.6) is 0 Å². The summed E-state index contributed by atoms with van der Waals surface area (Å²) in [4.78, 5) is 12.8. The van der Waals surface area contributed by atoms with E-state index in [1.165, 1.54) is 11.1 Å². The van der Waals surface area contributed by atoms with Crippen LogP contribution in [0, 0.1) is 18.3 Å². The third kappa shape index (κ3) is 1.85. The molecule has 0 aromatic carbocycles. The van der Waals surface area contributed by atoms with Crippen molar-refractivity contribution in [2.24, 2.45) is 0 Å². The molecule has 0 aliphatic rings. The number of amides is 1. The van der Waals surface area contributed by atoms with Gasteiger partial charge in [0.1, 0.15) is 17.9 Å². The van der Waals surface area contributed by atoms with Gasteiger partial charge in [0.25, 0.3) is 5.91 Å². The Balaban J connectivity index is 2.81. The monoisotopic (exact) mass is 179 g/mol. The first-order valence-corrected chi connectivity index (χ1v) is 3.70. The summed E-state index contributed by atoms with van der Waals surface area (Å²) in [7, 11) is 1.55. The highest BCUT2D eigenvalue weighted by atomic mass is 16.5. The summed E-state index contributed by atoms with van der Waals surface area (Å²) in [6.07, 6.45) is 1.35. The molecule has 1 aromatic heterocycles. The van der Waals surface area contributed by atoms with Gasteiger partial charge in [0, 0.05) is 7.05 Å². The van der Waals surface area contributed by atoms with Crippen molar-refractivity contribution < 1.29 is 9.32 Å². The summed E-state index contributed by atoms with van der Waals surface area (Å²) in [5.41, 5.74) is 0.401. The number of aryl methyl sites for hydroxylation is 1. The van der Waals surface area contributed by atoms with Crippen LogP contribution in [0.1, 0.15) is 16.1 Å². The number of nitrogens with zero attached hydrogens (tertiary/aromatic N) is 3. The standard InChI is InChI=1S/C8H9N3O2/c1-6-7(5-10-13-6)8(12)11(2)4-3-9/h5H,4H2,1-2H3. The fourth-order valence-electron chi connectivity index (χ4n) is 0.887. The van der Waals surface area contributed by atoms with Crippen molar-refractivity contribution in [2.75, 3.05) is 13.6 Å². The molecule has 0 saturated carbocycles. The van der Waals surface area contributed by atoms with Gasteiger partial charge in [-0.1, -0.05) is 5.16 Å². The quantitative estimate of drug-likeness (QED) is 0.622. The molecular weight excluding hydrogens is 170 g/mol. The number of hydrogen-bond donors (Lipinski definition) is 0. The smallest absolute Gasteiger partial charge is 0.259 e. The van der Waals surface area contributed by atoms with E-state index in [0.29, 0.717) is 11.3 Å². The summed E-state index contributed by atoms with van der Waals surface area (Å²) < 4.78 is 4.73. The SMILES string of the molecule is Cc1oncc1C(=O)N(C)CC#N. The molecule has 0 unspecified atom stereocenters. The minimum atomic E-state index is -0.250. The highest BCUT2D eigenvalue weighted by Gasteiger charge is 2.16. The van der Waals surface area contributed by atoms with Gasteiger partial charge >= 0.3 is 0 Å². The maximum Gasteiger partial charge on any atom is 0.259 e. The van der Waals surface area contributed by atoms with Crippen LogP contribution in [0.4, 0.5) is 0 Å². The van der Waals surface area contributed by atoms with Crippen molar-refractivity contribution in [3.05, 3.63) is 17.5 Å². The summed E-state index contributed by atoms with van der Waals surface area (Å²) in [5.74, 6) is 0.218. The molecular formula is C8H9N3O2. The molecule has 5 heteroatoms. The summed E-state index contributed by atoms with van der Waals surface area (Å²) in [6.45, 7) is 1.71. The lowest BCUT2D eigenvalue weighted by atomic mass is 10.2. The minimum Gasteiger partial charge on any atom is -0.361 e. The molecule has 0 spiro atoms. The van der Waals surface area contributed by atoms with E-state index in [2.05, 4.69) is 5.16 Å². The third-order valence-corrected chi connectivity index (χ3v) is 1.64. The van der Waals surface area contributed by atoms with Gasteiger partial charge in [0.15, 0.2) is 0 Å². The van der Waals surface area contributed by atoms with Crippen LogP contribution in [0.3, 0.4) is 0 Å². The second-order valence-corrected chi connectivity index (χ2v) is 2.61. The number of carbonyl (C=O) groups excluding carboxylic acids is 1. The fourth-order valence-corrected chi connectivity index (χ4v) is 0.887. The van der Waals surface area contributed by atoms with Gasteiger partial charge in [0.2, 0.25) is 0 Å². The Morgan fingerprint density at radius 1 is 1.85 bits per heavy atom. The van der Waals surface area contributed by atoms with Gasteiger partial charge in [-0.15, -0.1) is 0 Å². The number of hydrogen-bond acceptors (Lipinski definition) is 4. The van der Waals surface area contributed by atoms with Crippen molar-refractivity contribution >= 4 is 5.91 Å². The zero-order chi connectivity index (χ0) is 9.84. The van der Waals surface area contributed by atoms with Crippen LogP contribution < -0.4 is 0 Å². The first-order chi connectivity index (χ1) is 6.16. The summed E-state index contributed by atoms with van der Waals surface area (Å²) >= 11 is 0. The Kier molecular flexibility index (Phi) is 2.65. The molecule has 0 bridgehead atoms. The second kappa shape index (κ2) is 3.72. The van der Waals surface area contributed by atoms with E-state index in [0.717, 1.165) is 0 Å². The molecule has 0 N–H and O–H groups in total. The average Bonchev–Trinajstić information content (AvgIpc) is 2.50. The molecule has 68 valence electrons. The molecule has 0 aliphatic heterocycles. The molecule has 5 nitrogen and oxygen atoms in total. The molecule has 1 rings (SSSR count). The van der Waals surface area contributed by atoms with E-state index in [-0.39, 0.29) is 12.5 Å². The van der Waals surface area contributed by atoms with E-state index in [1.807, 2.05) is 6.07 Å². The van der Waals surface area contributed by atoms with Crippen molar-refractivity contribution in [3.63, 3.8) is 0 Å². The summed E-state index contributed by atoms with van der Waals surface area (Å²) in [6, 6.07) is 1.88. The molecule has 0 saturated heterocycles. The first-order valence-electron chi connectivity index (χ1n) is 3.70. The van der Waals surface area contributed by atoms with Crippen LogP contribution in [0.25, 0.3) is 0 Å². The van der Waals surface area contributed by atoms with E-state index in [9.17, 15) is 4.79 Å². The molecule has 13 heavy (non-hydrogen) atoms. The van der Waals surface area contributed by atoms with Crippen LogP contribution in [-0.2, 0) is 0 Å². The Labute approximate surface area is 75.5 Å². The molecule has 1 amide bonds. The Hall–Kier alpha value is -1.83. The predicted octanol–water partition coefficient (Wildman–Crippen LogP) is 0.579. The van der Waals surface area contributed by atoms with Crippen LogP contribution in [0.2, 0.25) is 0 Å². The highest BCUT2D eigenvalue weighted by Crippen LogP contribution is 2.08. The van der Waals surface area contributed by atoms with Crippen LogP contribution in [-0.4, -0.2) is 29.6 Å². The third-order valence-electron chi connectivity index (χ3n) is 1.64. The Morgan fingerprint density at radius 2 is 2.54 bits per heavy atom. The van der Waals surface area contributed by atoms with E-state index >= 15 is 0 Å². The molecule has 0 aliphatic carbocycles. The average molecular weight is 179 g/mol. The lowest BCUT2D eigenvalue weighted by Crippen LogP contribution is -2.27. The topological polar surface area (TPSA) is 70.1 Å². The van der Waals surface area contributed by atoms with Gasteiger partial charge in [-0.25, -0.2) is 0 Å². The molecule has 0 atom stereocenters. The second-order valence-electron chi connectivity index (χ2n) is 2.61. The zero-order valence-electron chi connectivity index (χ0n) is 7.44. The van der Waals surface area contributed by atoms with Crippen molar-refractivity contribution in [3.8, 4) is 6.07 Å². The number of rotatable bonds is 2. The highest BCUT2D eigenvalue weighted by molar-refractivity contribution is 5.94. The van der Waals surface area contributed by atoms with E-state index in [4.69, 9.17) is 9.78 Å². The maximum absolute atomic E-state index is 11.5. The zero-order valence-corrected chi connectivity index (χ0v) is 7.44.